The van der Waals surface area contributed by atoms with Gasteiger partial charge in [-0.05, 0) is 62.8 Å². The zero-order valence-electron chi connectivity index (χ0n) is 13.8. The molecule has 0 heterocycles. The molecule has 1 aromatic carbocycles. The van der Waals surface area contributed by atoms with E-state index in [2.05, 4.69) is 37.1 Å². The highest BCUT2D eigenvalue weighted by Gasteiger charge is 2.33. The van der Waals surface area contributed by atoms with Gasteiger partial charge in [-0.2, -0.15) is 0 Å². The molecular formula is C18H28N2O. The predicted molar refractivity (Wildman–Crippen MR) is 88.9 cm³/mol. The maximum Gasteiger partial charge on any atom is 0.254 e. The van der Waals surface area contributed by atoms with Crippen LogP contribution in [0.3, 0.4) is 0 Å². The third-order valence-electron chi connectivity index (χ3n) is 4.03. The van der Waals surface area contributed by atoms with E-state index in [-0.39, 0.29) is 5.91 Å². The van der Waals surface area contributed by atoms with E-state index in [0.29, 0.717) is 12.0 Å². The highest BCUT2D eigenvalue weighted by Crippen LogP contribution is 2.30. The summed E-state index contributed by atoms with van der Waals surface area (Å²) in [6.45, 7) is 10.3. The Balaban J connectivity index is 2.12. The third-order valence-corrected chi connectivity index (χ3v) is 4.03. The van der Waals surface area contributed by atoms with Crippen LogP contribution in [0.25, 0.3) is 0 Å². The number of carbonyl (C=O) groups is 1. The van der Waals surface area contributed by atoms with Gasteiger partial charge >= 0.3 is 0 Å². The number of hydrogen-bond donors (Lipinski definition) is 1. The van der Waals surface area contributed by atoms with Gasteiger partial charge in [0.2, 0.25) is 0 Å². The van der Waals surface area contributed by atoms with Crippen molar-refractivity contribution in [3.05, 3.63) is 29.3 Å². The van der Waals surface area contributed by atoms with Crippen molar-refractivity contribution in [2.24, 2.45) is 5.92 Å². The molecule has 3 heteroatoms. The van der Waals surface area contributed by atoms with Crippen molar-refractivity contribution in [1.29, 1.82) is 0 Å². The van der Waals surface area contributed by atoms with E-state index in [1.54, 1.807) is 0 Å². The van der Waals surface area contributed by atoms with E-state index in [9.17, 15) is 4.79 Å². The van der Waals surface area contributed by atoms with Crippen LogP contribution in [-0.4, -0.2) is 29.9 Å². The van der Waals surface area contributed by atoms with Gasteiger partial charge in [-0.3, -0.25) is 4.79 Å². The predicted octanol–water partition coefficient (Wildman–Crippen LogP) is 4.08. The number of rotatable bonds is 7. The molecule has 1 amide bonds. The summed E-state index contributed by atoms with van der Waals surface area (Å²) in [5, 5.41) is 3.29. The molecule has 1 aliphatic carbocycles. The average Bonchev–Trinajstić information content (AvgIpc) is 3.23. The Kier molecular flexibility index (Phi) is 5.27. The molecule has 0 atom stereocenters. The summed E-state index contributed by atoms with van der Waals surface area (Å²) in [4.78, 5) is 14.9. The van der Waals surface area contributed by atoms with Crippen LogP contribution in [0.4, 0.5) is 5.69 Å². The Morgan fingerprint density at radius 1 is 1.38 bits per heavy atom. The molecule has 1 fully saturated rings. The minimum absolute atomic E-state index is 0.207. The highest BCUT2D eigenvalue weighted by atomic mass is 16.2. The number of aryl methyl sites for hydroxylation is 1. The maximum atomic E-state index is 12.8. The quantitative estimate of drug-likeness (QED) is 0.820. The molecule has 3 nitrogen and oxygen atoms in total. The fourth-order valence-corrected chi connectivity index (χ4v) is 2.61. The van der Waals surface area contributed by atoms with E-state index in [4.69, 9.17) is 0 Å². The van der Waals surface area contributed by atoms with Crippen molar-refractivity contribution in [1.82, 2.24) is 4.90 Å². The number of nitrogens with one attached hydrogen (secondary N) is 1. The Bertz CT molecular complexity index is 492. The third kappa shape index (κ3) is 4.23. The first kappa shape index (κ1) is 15.9. The molecule has 0 spiro atoms. The minimum Gasteiger partial charge on any atom is -0.385 e. The van der Waals surface area contributed by atoms with Crippen molar-refractivity contribution >= 4 is 11.6 Å². The first-order valence-corrected chi connectivity index (χ1v) is 8.18. The second kappa shape index (κ2) is 6.97. The molecule has 0 aromatic heterocycles. The van der Waals surface area contributed by atoms with Crippen molar-refractivity contribution in [2.75, 3.05) is 18.4 Å². The van der Waals surface area contributed by atoms with E-state index < -0.39 is 0 Å². The molecule has 1 saturated carbocycles. The Hall–Kier alpha value is -1.51. The van der Waals surface area contributed by atoms with Gasteiger partial charge < -0.3 is 10.2 Å². The van der Waals surface area contributed by atoms with E-state index in [1.807, 2.05) is 19.1 Å². The van der Waals surface area contributed by atoms with Crippen LogP contribution in [0.15, 0.2) is 18.2 Å². The van der Waals surface area contributed by atoms with Gasteiger partial charge in [0.15, 0.2) is 0 Å². The fourth-order valence-electron chi connectivity index (χ4n) is 2.61. The molecule has 116 valence electrons. The SMILES string of the molecule is CCNc1ccc(C(=O)N(CCC(C)C)C2CC2)c(C)c1. The van der Waals surface area contributed by atoms with Crippen LogP contribution in [0.2, 0.25) is 0 Å². The molecule has 0 unspecified atom stereocenters. The summed E-state index contributed by atoms with van der Waals surface area (Å²) in [6, 6.07) is 6.53. The molecule has 0 bridgehead atoms. The van der Waals surface area contributed by atoms with E-state index in [1.165, 1.54) is 12.8 Å². The van der Waals surface area contributed by atoms with Gasteiger partial charge in [0.25, 0.3) is 5.91 Å². The zero-order valence-corrected chi connectivity index (χ0v) is 13.8. The first-order chi connectivity index (χ1) is 10.0. The molecule has 1 aliphatic rings. The minimum atomic E-state index is 0.207. The van der Waals surface area contributed by atoms with Crippen LogP contribution in [0.5, 0.6) is 0 Å². The molecule has 0 saturated heterocycles. The summed E-state index contributed by atoms with van der Waals surface area (Å²) in [6.07, 6.45) is 3.41. The lowest BCUT2D eigenvalue weighted by atomic mass is 10.1. The molecular weight excluding hydrogens is 260 g/mol. The molecule has 21 heavy (non-hydrogen) atoms. The lowest BCUT2D eigenvalue weighted by Crippen LogP contribution is -2.35. The van der Waals surface area contributed by atoms with Crippen molar-refractivity contribution < 1.29 is 4.79 Å². The average molecular weight is 288 g/mol. The Morgan fingerprint density at radius 2 is 2.10 bits per heavy atom. The number of carbonyl (C=O) groups excluding carboxylic acids is 1. The monoisotopic (exact) mass is 288 g/mol. The molecule has 0 aliphatic heterocycles. The van der Waals surface area contributed by atoms with E-state index >= 15 is 0 Å². The summed E-state index contributed by atoms with van der Waals surface area (Å²) >= 11 is 0. The van der Waals surface area contributed by atoms with Crippen LogP contribution in [-0.2, 0) is 0 Å². The van der Waals surface area contributed by atoms with Gasteiger partial charge in [0.05, 0.1) is 0 Å². The van der Waals surface area contributed by atoms with Gasteiger partial charge in [-0.1, -0.05) is 13.8 Å². The standard InChI is InChI=1S/C18H28N2O/c1-5-19-15-6-9-17(14(4)12-15)18(21)20(16-7-8-16)11-10-13(2)3/h6,9,12-13,16,19H,5,7-8,10-11H2,1-4H3. The van der Waals surface area contributed by atoms with Crippen LogP contribution >= 0.6 is 0 Å². The molecule has 0 radical (unpaired) electrons. The number of benzene rings is 1. The normalized spacial score (nSPS) is 14.3. The van der Waals surface area contributed by atoms with Crippen molar-refractivity contribution in [3.63, 3.8) is 0 Å². The molecule has 2 rings (SSSR count). The van der Waals surface area contributed by atoms with Gasteiger partial charge in [0.1, 0.15) is 0 Å². The van der Waals surface area contributed by atoms with Crippen LogP contribution in [0, 0.1) is 12.8 Å². The number of amides is 1. The van der Waals surface area contributed by atoms with Gasteiger partial charge in [0, 0.05) is 30.4 Å². The Morgan fingerprint density at radius 3 is 2.62 bits per heavy atom. The summed E-state index contributed by atoms with van der Waals surface area (Å²) in [7, 11) is 0. The highest BCUT2D eigenvalue weighted by molar-refractivity contribution is 5.96. The fraction of sp³-hybridized carbons (Fsp3) is 0.611. The zero-order chi connectivity index (χ0) is 15.4. The van der Waals surface area contributed by atoms with Gasteiger partial charge in [-0.15, -0.1) is 0 Å². The topological polar surface area (TPSA) is 32.3 Å². The number of anilines is 1. The van der Waals surface area contributed by atoms with Crippen molar-refractivity contribution in [3.8, 4) is 0 Å². The Labute approximate surface area is 128 Å². The van der Waals surface area contributed by atoms with Gasteiger partial charge in [-0.25, -0.2) is 0 Å². The number of hydrogen-bond acceptors (Lipinski definition) is 2. The molecule has 1 aromatic rings. The van der Waals surface area contributed by atoms with Crippen LogP contribution < -0.4 is 5.32 Å². The lowest BCUT2D eigenvalue weighted by Gasteiger charge is -2.24. The smallest absolute Gasteiger partial charge is 0.254 e. The molecule has 1 N–H and O–H groups in total. The van der Waals surface area contributed by atoms with E-state index in [0.717, 1.165) is 36.3 Å². The maximum absolute atomic E-state index is 12.8. The summed E-state index contributed by atoms with van der Waals surface area (Å²) < 4.78 is 0. The second-order valence-electron chi connectivity index (χ2n) is 6.47. The first-order valence-electron chi connectivity index (χ1n) is 8.18. The van der Waals surface area contributed by atoms with Crippen LogP contribution in [0.1, 0.15) is 56.0 Å². The summed E-state index contributed by atoms with van der Waals surface area (Å²) in [5.74, 6) is 0.843. The second-order valence-corrected chi connectivity index (χ2v) is 6.47. The number of nitrogens with zero attached hydrogens (tertiary/aromatic N) is 1. The summed E-state index contributed by atoms with van der Waals surface area (Å²) in [5.41, 5.74) is 3.01. The lowest BCUT2D eigenvalue weighted by molar-refractivity contribution is 0.0734. The van der Waals surface area contributed by atoms with Crippen molar-refractivity contribution in [2.45, 2.75) is 53.0 Å². The largest absolute Gasteiger partial charge is 0.385 e.